The molecule has 2 aromatic carbocycles. The van der Waals surface area contributed by atoms with Crippen molar-refractivity contribution in [2.45, 2.75) is 37.2 Å². The molecule has 0 unspecified atom stereocenters. The maximum absolute atomic E-state index is 13.4. The summed E-state index contributed by atoms with van der Waals surface area (Å²) in [6.07, 6.45) is 6.94. The number of furan rings is 1. The lowest BCUT2D eigenvalue weighted by molar-refractivity contribution is 0.288. The number of nitrogens with zero attached hydrogens (tertiary/aromatic N) is 2. The fourth-order valence-corrected chi connectivity index (χ4v) is 6.48. The molecule has 2 aliphatic heterocycles. The molecule has 0 amide bonds. The first-order valence-corrected chi connectivity index (χ1v) is 13.2. The largest absolute Gasteiger partial charge is 0.464 e. The van der Waals surface area contributed by atoms with Crippen molar-refractivity contribution in [3.8, 4) is 0 Å². The van der Waals surface area contributed by atoms with Crippen LogP contribution in [0.5, 0.6) is 0 Å². The molecule has 2 aliphatic rings. The maximum atomic E-state index is 13.4. The van der Waals surface area contributed by atoms with Crippen LogP contribution < -0.4 is 0 Å². The Labute approximate surface area is 200 Å². The van der Waals surface area contributed by atoms with Gasteiger partial charge in [0.05, 0.1) is 11.6 Å². The third-order valence-electron chi connectivity index (χ3n) is 6.30. The molecule has 7 heteroatoms. The van der Waals surface area contributed by atoms with E-state index in [-0.39, 0.29) is 9.92 Å². The zero-order chi connectivity index (χ0) is 22.8. The third kappa shape index (κ3) is 4.94. The summed E-state index contributed by atoms with van der Waals surface area (Å²) >= 11 is 6.45. The van der Waals surface area contributed by atoms with Gasteiger partial charge in [-0.1, -0.05) is 60.2 Å². The zero-order valence-electron chi connectivity index (χ0n) is 18.4. The lowest BCUT2D eigenvalue weighted by atomic mass is 10.1. The van der Waals surface area contributed by atoms with Gasteiger partial charge in [0.2, 0.25) is 10.0 Å². The number of rotatable bonds is 6. The van der Waals surface area contributed by atoms with Gasteiger partial charge in [0.15, 0.2) is 0 Å². The highest BCUT2D eigenvalue weighted by Crippen LogP contribution is 2.31. The van der Waals surface area contributed by atoms with Gasteiger partial charge >= 0.3 is 0 Å². The molecule has 172 valence electrons. The molecule has 3 heterocycles. The molecule has 0 bridgehead atoms. The number of halogens is 1. The average Bonchev–Trinajstić information content (AvgIpc) is 3.47. The number of likely N-dealkylation sites (tertiary alicyclic amines) is 1. The summed E-state index contributed by atoms with van der Waals surface area (Å²) in [6, 6.07) is 17.1. The van der Waals surface area contributed by atoms with Gasteiger partial charge in [-0.25, -0.2) is 8.42 Å². The minimum atomic E-state index is -3.71. The molecule has 0 aliphatic carbocycles. The zero-order valence-corrected chi connectivity index (χ0v) is 20.0. The Morgan fingerprint density at radius 2 is 1.70 bits per heavy atom. The van der Waals surface area contributed by atoms with E-state index in [2.05, 4.69) is 4.90 Å². The van der Waals surface area contributed by atoms with Crippen molar-refractivity contribution >= 4 is 33.8 Å². The van der Waals surface area contributed by atoms with Crippen LogP contribution in [0.4, 0.5) is 0 Å². The molecular formula is C26H27ClN2O3S. The molecule has 1 saturated heterocycles. The highest BCUT2D eigenvalue weighted by molar-refractivity contribution is 7.89. The van der Waals surface area contributed by atoms with Crippen molar-refractivity contribution in [3.05, 3.63) is 87.8 Å². The minimum Gasteiger partial charge on any atom is -0.464 e. The summed E-state index contributed by atoms with van der Waals surface area (Å²) in [5.74, 6) is 1.83. The SMILES string of the molecule is O=S(=O)(c1ccc(/C=C\c2ccccc2)cc1Cl)N1CCc2oc(CN3CCCC3)cc2C1. The first kappa shape index (κ1) is 22.4. The van der Waals surface area contributed by atoms with E-state index in [1.165, 1.54) is 17.1 Å². The van der Waals surface area contributed by atoms with Crippen LogP contribution in [0.3, 0.4) is 0 Å². The van der Waals surface area contributed by atoms with Gasteiger partial charge in [-0.2, -0.15) is 4.31 Å². The number of benzene rings is 2. The number of fused-ring (bicyclic) bond motifs is 1. The monoisotopic (exact) mass is 482 g/mol. The Bertz CT molecular complexity index is 1260. The summed E-state index contributed by atoms with van der Waals surface area (Å²) in [5.41, 5.74) is 2.88. The van der Waals surface area contributed by atoms with Crippen LogP contribution in [0.15, 0.2) is 63.9 Å². The van der Waals surface area contributed by atoms with Crippen LogP contribution >= 0.6 is 11.6 Å². The van der Waals surface area contributed by atoms with Crippen LogP contribution in [0.2, 0.25) is 5.02 Å². The molecule has 1 aromatic heterocycles. The smallest absolute Gasteiger partial charge is 0.244 e. The summed E-state index contributed by atoms with van der Waals surface area (Å²) in [6.45, 7) is 3.69. The van der Waals surface area contributed by atoms with E-state index >= 15 is 0 Å². The second-order valence-electron chi connectivity index (χ2n) is 8.67. The first-order chi connectivity index (χ1) is 16.0. The van der Waals surface area contributed by atoms with Gasteiger partial charge in [0, 0.05) is 25.1 Å². The van der Waals surface area contributed by atoms with Gasteiger partial charge in [-0.15, -0.1) is 0 Å². The molecule has 3 aromatic rings. The van der Waals surface area contributed by atoms with Crippen LogP contribution in [0, 0.1) is 0 Å². The second-order valence-corrected chi connectivity index (χ2v) is 11.0. The van der Waals surface area contributed by atoms with Crippen molar-refractivity contribution in [1.82, 2.24) is 9.21 Å². The third-order valence-corrected chi connectivity index (χ3v) is 8.63. The van der Waals surface area contributed by atoms with E-state index in [9.17, 15) is 8.42 Å². The molecule has 0 N–H and O–H groups in total. The summed E-state index contributed by atoms with van der Waals surface area (Å²) in [7, 11) is -3.71. The predicted octanol–water partition coefficient (Wildman–Crippen LogP) is 5.45. The van der Waals surface area contributed by atoms with Crippen molar-refractivity contribution in [3.63, 3.8) is 0 Å². The first-order valence-electron chi connectivity index (χ1n) is 11.3. The van der Waals surface area contributed by atoms with E-state index in [1.807, 2.05) is 48.6 Å². The van der Waals surface area contributed by atoms with Crippen LogP contribution in [-0.2, 0) is 29.5 Å². The van der Waals surface area contributed by atoms with Crippen molar-refractivity contribution in [2.75, 3.05) is 19.6 Å². The highest BCUT2D eigenvalue weighted by Gasteiger charge is 2.32. The Balaban J connectivity index is 1.31. The van der Waals surface area contributed by atoms with E-state index in [0.717, 1.165) is 47.8 Å². The number of hydrogen-bond donors (Lipinski definition) is 0. The lowest BCUT2D eigenvalue weighted by Crippen LogP contribution is -2.35. The predicted molar refractivity (Wildman–Crippen MR) is 131 cm³/mol. The average molecular weight is 483 g/mol. The minimum absolute atomic E-state index is 0.144. The van der Waals surface area contributed by atoms with Gasteiger partial charge in [-0.05, 0) is 55.3 Å². The Hall–Kier alpha value is -2.38. The van der Waals surface area contributed by atoms with Gasteiger partial charge in [-0.3, -0.25) is 4.90 Å². The highest BCUT2D eigenvalue weighted by atomic mass is 35.5. The number of sulfonamides is 1. The van der Waals surface area contributed by atoms with Crippen LogP contribution in [-0.4, -0.2) is 37.3 Å². The van der Waals surface area contributed by atoms with Crippen molar-refractivity contribution in [2.24, 2.45) is 0 Å². The standard InChI is InChI=1S/C26H27ClN2O3S/c27-24-16-21(9-8-20-6-2-1-3-7-20)10-11-26(24)33(30,31)29-15-12-25-22(18-29)17-23(32-25)19-28-13-4-5-14-28/h1-3,6-11,16-17H,4-5,12-15,18-19H2/b9-8-. The summed E-state index contributed by atoms with van der Waals surface area (Å²) < 4.78 is 34.3. The van der Waals surface area contributed by atoms with Gasteiger partial charge in [0.25, 0.3) is 0 Å². The molecule has 0 spiro atoms. The molecule has 0 saturated carbocycles. The summed E-state index contributed by atoms with van der Waals surface area (Å²) in [5, 5.41) is 0.234. The van der Waals surface area contributed by atoms with Gasteiger partial charge < -0.3 is 4.42 Å². The normalized spacial score (nSPS) is 17.6. The van der Waals surface area contributed by atoms with E-state index in [1.54, 1.807) is 18.2 Å². The Morgan fingerprint density at radius 1 is 0.939 bits per heavy atom. The molecule has 33 heavy (non-hydrogen) atoms. The molecule has 0 radical (unpaired) electrons. The van der Waals surface area contributed by atoms with Crippen molar-refractivity contribution in [1.29, 1.82) is 0 Å². The molecule has 5 nitrogen and oxygen atoms in total. The maximum Gasteiger partial charge on any atom is 0.244 e. The van der Waals surface area contributed by atoms with E-state index in [0.29, 0.717) is 19.5 Å². The van der Waals surface area contributed by atoms with Crippen molar-refractivity contribution < 1.29 is 12.8 Å². The number of hydrogen-bond acceptors (Lipinski definition) is 4. The lowest BCUT2D eigenvalue weighted by Gasteiger charge is -2.26. The second kappa shape index (κ2) is 9.47. The van der Waals surface area contributed by atoms with Crippen LogP contribution in [0.25, 0.3) is 12.2 Å². The molecule has 1 fully saturated rings. The quantitative estimate of drug-likeness (QED) is 0.438. The van der Waals surface area contributed by atoms with Gasteiger partial charge in [0.1, 0.15) is 16.4 Å². The fourth-order valence-electron chi connectivity index (χ4n) is 4.54. The molecular weight excluding hydrogens is 456 g/mol. The van der Waals surface area contributed by atoms with E-state index < -0.39 is 10.0 Å². The summed E-state index contributed by atoms with van der Waals surface area (Å²) in [4.78, 5) is 2.53. The Kier molecular flexibility index (Phi) is 6.43. The fraction of sp³-hybridized carbons (Fsp3) is 0.308. The Morgan fingerprint density at radius 3 is 2.45 bits per heavy atom. The van der Waals surface area contributed by atoms with Crippen LogP contribution in [0.1, 0.15) is 41.1 Å². The van der Waals surface area contributed by atoms with E-state index in [4.69, 9.17) is 16.0 Å². The molecule has 0 atom stereocenters. The topological polar surface area (TPSA) is 53.8 Å². The molecule has 5 rings (SSSR count).